The van der Waals surface area contributed by atoms with Gasteiger partial charge in [-0.05, 0) is 32.4 Å². The van der Waals surface area contributed by atoms with Crippen molar-refractivity contribution in [3.8, 4) is 0 Å². The molecule has 112 valence electrons. The van der Waals surface area contributed by atoms with Crippen LogP contribution in [0.3, 0.4) is 0 Å². The van der Waals surface area contributed by atoms with Crippen molar-refractivity contribution in [2.45, 2.75) is 71.6 Å². The van der Waals surface area contributed by atoms with Crippen molar-refractivity contribution in [2.24, 2.45) is 5.41 Å². The molecule has 0 bridgehead atoms. The van der Waals surface area contributed by atoms with Crippen LogP contribution in [0.5, 0.6) is 0 Å². The van der Waals surface area contributed by atoms with Crippen molar-refractivity contribution in [3.05, 3.63) is 0 Å². The van der Waals surface area contributed by atoms with Gasteiger partial charge < -0.3 is 10.0 Å². The lowest BCUT2D eigenvalue weighted by Crippen LogP contribution is -2.34. The second-order valence-electron chi connectivity index (χ2n) is 6.13. The standard InChI is InChI=1S/C16H31NO2/c1-3-5-6-7-8-9-12-17-13-11-16(14-17,10-4-2)15(18)19/h3-14H2,1-2H3,(H,18,19). The first kappa shape index (κ1) is 16.5. The lowest BCUT2D eigenvalue weighted by molar-refractivity contribution is -0.148. The van der Waals surface area contributed by atoms with Gasteiger partial charge in [0, 0.05) is 6.54 Å². The van der Waals surface area contributed by atoms with E-state index in [1.807, 2.05) is 0 Å². The second kappa shape index (κ2) is 8.57. The average molecular weight is 269 g/mol. The van der Waals surface area contributed by atoms with Crippen molar-refractivity contribution >= 4 is 5.97 Å². The molecule has 0 aliphatic carbocycles. The second-order valence-corrected chi connectivity index (χ2v) is 6.13. The number of hydrogen-bond donors (Lipinski definition) is 1. The van der Waals surface area contributed by atoms with Gasteiger partial charge >= 0.3 is 5.97 Å². The monoisotopic (exact) mass is 269 g/mol. The first-order valence-electron chi connectivity index (χ1n) is 8.10. The maximum absolute atomic E-state index is 11.5. The lowest BCUT2D eigenvalue weighted by Gasteiger charge is -2.24. The molecule has 1 unspecified atom stereocenters. The normalized spacial score (nSPS) is 23.9. The fraction of sp³-hybridized carbons (Fsp3) is 0.938. The van der Waals surface area contributed by atoms with E-state index in [1.54, 1.807) is 0 Å². The molecule has 1 aliphatic heterocycles. The Bertz CT molecular complexity index is 267. The van der Waals surface area contributed by atoms with E-state index in [-0.39, 0.29) is 0 Å². The molecule has 3 nitrogen and oxygen atoms in total. The van der Waals surface area contributed by atoms with E-state index in [0.717, 1.165) is 38.9 Å². The molecule has 0 aromatic rings. The summed E-state index contributed by atoms with van der Waals surface area (Å²) in [6.45, 7) is 7.15. The number of hydrogen-bond acceptors (Lipinski definition) is 2. The van der Waals surface area contributed by atoms with E-state index in [9.17, 15) is 9.90 Å². The summed E-state index contributed by atoms with van der Waals surface area (Å²) in [6.07, 6.45) is 10.5. The van der Waals surface area contributed by atoms with Crippen molar-refractivity contribution in [3.63, 3.8) is 0 Å². The van der Waals surface area contributed by atoms with Crippen molar-refractivity contribution < 1.29 is 9.90 Å². The number of nitrogens with zero attached hydrogens (tertiary/aromatic N) is 1. The number of likely N-dealkylation sites (tertiary alicyclic amines) is 1. The third-order valence-corrected chi connectivity index (χ3v) is 4.44. The summed E-state index contributed by atoms with van der Waals surface area (Å²) in [6, 6.07) is 0. The Labute approximate surface area is 118 Å². The quantitative estimate of drug-likeness (QED) is 0.611. The molecule has 3 heteroatoms. The van der Waals surface area contributed by atoms with Gasteiger partial charge in [-0.15, -0.1) is 0 Å². The molecule has 19 heavy (non-hydrogen) atoms. The van der Waals surface area contributed by atoms with Crippen LogP contribution in [0.15, 0.2) is 0 Å². The van der Waals surface area contributed by atoms with Crippen LogP contribution in [0.2, 0.25) is 0 Å². The smallest absolute Gasteiger partial charge is 0.310 e. The Morgan fingerprint density at radius 2 is 1.79 bits per heavy atom. The summed E-state index contributed by atoms with van der Waals surface area (Å²) in [7, 11) is 0. The van der Waals surface area contributed by atoms with Crippen LogP contribution < -0.4 is 0 Å². The van der Waals surface area contributed by atoms with Gasteiger partial charge in [-0.2, -0.15) is 0 Å². The van der Waals surface area contributed by atoms with E-state index < -0.39 is 11.4 Å². The highest BCUT2D eigenvalue weighted by molar-refractivity contribution is 5.75. The summed E-state index contributed by atoms with van der Waals surface area (Å²) >= 11 is 0. The number of unbranched alkanes of at least 4 members (excludes halogenated alkanes) is 5. The van der Waals surface area contributed by atoms with Gasteiger partial charge in [-0.25, -0.2) is 0 Å². The van der Waals surface area contributed by atoms with Gasteiger partial charge in [0.2, 0.25) is 0 Å². The summed E-state index contributed by atoms with van der Waals surface area (Å²) < 4.78 is 0. The first-order valence-corrected chi connectivity index (χ1v) is 8.10. The molecule has 0 aromatic heterocycles. The molecular weight excluding hydrogens is 238 g/mol. The van der Waals surface area contributed by atoms with E-state index >= 15 is 0 Å². The number of carbonyl (C=O) groups is 1. The highest BCUT2D eigenvalue weighted by atomic mass is 16.4. The maximum Gasteiger partial charge on any atom is 0.310 e. The van der Waals surface area contributed by atoms with Crippen molar-refractivity contribution in [1.29, 1.82) is 0 Å². The Morgan fingerprint density at radius 3 is 2.42 bits per heavy atom. The molecule has 0 spiro atoms. The molecular formula is C16H31NO2. The molecule has 1 rings (SSSR count). The van der Waals surface area contributed by atoms with Crippen LogP contribution in [0.25, 0.3) is 0 Å². The third kappa shape index (κ3) is 5.13. The van der Waals surface area contributed by atoms with Crippen LogP contribution in [-0.4, -0.2) is 35.6 Å². The molecule has 1 saturated heterocycles. The Kier molecular flexibility index (Phi) is 7.44. The predicted octanol–water partition coefficient (Wildman–Crippen LogP) is 3.92. The van der Waals surface area contributed by atoms with E-state index in [0.29, 0.717) is 0 Å². The van der Waals surface area contributed by atoms with E-state index in [4.69, 9.17) is 0 Å². The molecule has 1 heterocycles. The van der Waals surface area contributed by atoms with E-state index in [2.05, 4.69) is 18.7 Å². The SMILES string of the molecule is CCCCCCCCN1CCC(CCC)(C(=O)O)C1. The van der Waals surface area contributed by atoms with Gasteiger partial charge in [0.25, 0.3) is 0 Å². The van der Waals surface area contributed by atoms with Crippen molar-refractivity contribution in [2.75, 3.05) is 19.6 Å². The molecule has 1 atom stereocenters. The molecule has 1 fully saturated rings. The molecule has 0 radical (unpaired) electrons. The maximum atomic E-state index is 11.5. The van der Waals surface area contributed by atoms with Gasteiger partial charge in [-0.1, -0.05) is 52.4 Å². The topological polar surface area (TPSA) is 40.5 Å². The van der Waals surface area contributed by atoms with Crippen LogP contribution in [0.4, 0.5) is 0 Å². The Morgan fingerprint density at radius 1 is 1.11 bits per heavy atom. The molecule has 1 N–H and O–H groups in total. The summed E-state index contributed by atoms with van der Waals surface area (Å²) in [5, 5.41) is 9.45. The number of carboxylic acids is 1. The summed E-state index contributed by atoms with van der Waals surface area (Å²) in [4.78, 5) is 13.8. The number of aliphatic carboxylic acids is 1. The van der Waals surface area contributed by atoms with Gasteiger partial charge in [0.05, 0.1) is 5.41 Å². The largest absolute Gasteiger partial charge is 0.481 e. The minimum Gasteiger partial charge on any atom is -0.481 e. The van der Waals surface area contributed by atoms with E-state index in [1.165, 1.54) is 38.5 Å². The number of carboxylic acid groups (broad SMARTS) is 1. The van der Waals surface area contributed by atoms with Crippen LogP contribution in [0, 0.1) is 5.41 Å². The Hall–Kier alpha value is -0.570. The first-order chi connectivity index (χ1) is 9.14. The zero-order valence-corrected chi connectivity index (χ0v) is 12.8. The average Bonchev–Trinajstić information content (AvgIpc) is 2.79. The zero-order valence-electron chi connectivity index (χ0n) is 12.8. The summed E-state index contributed by atoms with van der Waals surface area (Å²) in [5.74, 6) is -0.584. The van der Waals surface area contributed by atoms with Crippen LogP contribution in [0.1, 0.15) is 71.6 Å². The minimum atomic E-state index is -0.584. The predicted molar refractivity (Wildman–Crippen MR) is 79.4 cm³/mol. The fourth-order valence-electron chi connectivity index (χ4n) is 3.23. The summed E-state index contributed by atoms with van der Waals surface area (Å²) in [5.41, 5.74) is -0.447. The minimum absolute atomic E-state index is 0.447. The Balaban J connectivity index is 2.21. The van der Waals surface area contributed by atoms with Crippen molar-refractivity contribution in [1.82, 2.24) is 4.90 Å². The van der Waals surface area contributed by atoms with Gasteiger partial charge in [-0.3, -0.25) is 4.79 Å². The fourth-order valence-corrected chi connectivity index (χ4v) is 3.23. The highest BCUT2D eigenvalue weighted by Crippen LogP contribution is 2.35. The van der Waals surface area contributed by atoms with Crippen LogP contribution >= 0.6 is 0 Å². The van der Waals surface area contributed by atoms with Gasteiger partial charge in [0.15, 0.2) is 0 Å². The third-order valence-electron chi connectivity index (χ3n) is 4.44. The molecule has 0 aromatic carbocycles. The molecule has 0 saturated carbocycles. The molecule has 1 aliphatic rings. The number of rotatable bonds is 10. The van der Waals surface area contributed by atoms with Crippen LogP contribution in [-0.2, 0) is 4.79 Å². The lowest BCUT2D eigenvalue weighted by atomic mass is 9.83. The molecule has 0 amide bonds. The zero-order chi connectivity index (χ0) is 14.1. The highest BCUT2D eigenvalue weighted by Gasteiger charge is 2.43. The van der Waals surface area contributed by atoms with Gasteiger partial charge in [0.1, 0.15) is 0 Å².